The standard InChI is InChI=1S/C14H18ClN3OS/c1-4-11-14(15)12(18(3)17-11)8-20(19)13-7-10(16)6-5-9(13)2/h5-7H,4,8,16H2,1-3H3. The zero-order valence-corrected chi connectivity index (χ0v) is 13.4. The number of hydrogen-bond acceptors (Lipinski definition) is 3. The third-order valence-corrected chi connectivity index (χ3v) is 5.13. The lowest BCUT2D eigenvalue weighted by Crippen LogP contribution is -2.05. The molecule has 1 heterocycles. The number of hydrogen-bond donors (Lipinski definition) is 1. The number of nitrogen functional groups attached to an aromatic ring is 1. The van der Waals surface area contributed by atoms with Crippen molar-refractivity contribution in [2.45, 2.75) is 30.9 Å². The summed E-state index contributed by atoms with van der Waals surface area (Å²) in [6, 6.07) is 5.45. The van der Waals surface area contributed by atoms with Gasteiger partial charge in [0.25, 0.3) is 0 Å². The van der Waals surface area contributed by atoms with Crippen molar-refractivity contribution in [1.29, 1.82) is 0 Å². The van der Waals surface area contributed by atoms with Crippen molar-refractivity contribution in [3.63, 3.8) is 0 Å². The molecule has 1 aromatic heterocycles. The number of aromatic nitrogens is 2. The first-order valence-electron chi connectivity index (χ1n) is 6.38. The lowest BCUT2D eigenvalue weighted by Gasteiger charge is -2.08. The molecule has 6 heteroatoms. The van der Waals surface area contributed by atoms with E-state index in [1.165, 1.54) is 0 Å². The molecule has 0 radical (unpaired) electrons. The minimum absolute atomic E-state index is 0.340. The number of rotatable bonds is 4. The quantitative estimate of drug-likeness (QED) is 0.883. The van der Waals surface area contributed by atoms with Gasteiger partial charge in [-0.3, -0.25) is 8.89 Å². The van der Waals surface area contributed by atoms with Crippen LogP contribution >= 0.6 is 11.6 Å². The molecule has 0 aliphatic carbocycles. The maximum atomic E-state index is 12.5. The highest BCUT2D eigenvalue weighted by atomic mass is 35.5. The van der Waals surface area contributed by atoms with Gasteiger partial charge in [-0.2, -0.15) is 5.10 Å². The number of benzene rings is 1. The second-order valence-electron chi connectivity index (χ2n) is 4.70. The second-order valence-corrected chi connectivity index (χ2v) is 6.50. The van der Waals surface area contributed by atoms with Gasteiger partial charge < -0.3 is 5.73 Å². The highest BCUT2D eigenvalue weighted by Crippen LogP contribution is 2.25. The Morgan fingerprint density at radius 1 is 1.45 bits per heavy atom. The lowest BCUT2D eigenvalue weighted by atomic mass is 10.2. The molecule has 2 rings (SSSR count). The monoisotopic (exact) mass is 311 g/mol. The Labute approximate surface area is 126 Å². The molecule has 20 heavy (non-hydrogen) atoms. The molecule has 0 bridgehead atoms. The summed E-state index contributed by atoms with van der Waals surface area (Å²) in [5.74, 6) is 0.340. The van der Waals surface area contributed by atoms with Gasteiger partial charge in [0.2, 0.25) is 0 Å². The molecule has 0 aliphatic rings. The summed E-state index contributed by atoms with van der Waals surface area (Å²) >= 11 is 6.29. The highest BCUT2D eigenvalue weighted by molar-refractivity contribution is 7.84. The van der Waals surface area contributed by atoms with E-state index < -0.39 is 10.8 Å². The Kier molecular flexibility index (Phi) is 4.50. The van der Waals surface area contributed by atoms with Crippen LogP contribution in [0.15, 0.2) is 23.1 Å². The van der Waals surface area contributed by atoms with Gasteiger partial charge in [0.15, 0.2) is 0 Å². The molecule has 1 aromatic carbocycles. The van der Waals surface area contributed by atoms with E-state index >= 15 is 0 Å². The zero-order chi connectivity index (χ0) is 14.9. The van der Waals surface area contributed by atoms with E-state index in [9.17, 15) is 4.21 Å². The SMILES string of the molecule is CCc1nn(C)c(CS(=O)c2cc(N)ccc2C)c1Cl. The van der Waals surface area contributed by atoms with Gasteiger partial charge in [0.05, 0.1) is 33.0 Å². The van der Waals surface area contributed by atoms with Crippen molar-refractivity contribution in [3.05, 3.63) is 40.2 Å². The van der Waals surface area contributed by atoms with Crippen molar-refractivity contribution in [3.8, 4) is 0 Å². The Bertz CT molecular complexity index is 667. The van der Waals surface area contributed by atoms with E-state index in [-0.39, 0.29) is 0 Å². The fourth-order valence-corrected chi connectivity index (χ4v) is 3.91. The van der Waals surface area contributed by atoms with Crippen molar-refractivity contribution in [1.82, 2.24) is 9.78 Å². The van der Waals surface area contributed by atoms with Crippen LogP contribution in [0.3, 0.4) is 0 Å². The Hall–Kier alpha value is -1.33. The number of nitrogens with two attached hydrogens (primary N) is 1. The van der Waals surface area contributed by atoms with Crippen LogP contribution in [0, 0.1) is 6.92 Å². The number of aryl methyl sites for hydroxylation is 3. The van der Waals surface area contributed by atoms with E-state index in [0.717, 1.165) is 28.3 Å². The van der Waals surface area contributed by atoms with Gasteiger partial charge in [0, 0.05) is 17.6 Å². The van der Waals surface area contributed by atoms with Crippen LogP contribution in [0.4, 0.5) is 5.69 Å². The molecule has 2 N–H and O–H groups in total. The highest BCUT2D eigenvalue weighted by Gasteiger charge is 2.17. The van der Waals surface area contributed by atoms with E-state index in [0.29, 0.717) is 16.5 Å². The minimum Gasteiger partial charge on any atom is -0.399 e. The van der Waals surface area contributed by atoms with Gasteiger partial charge in [0.1, 0.15) is 0 Å². The van der Waals surface area contributed by atoms with Gasteiger partial charge in [-0.05, 0) is 31.0 Å². The molecule has 0 saturated heterocycles. The smallest absolute Gasteiger partial charge is 0.0859 e. The lowest BCUT2D eigenvalue weighted by molar-refractivity contribution is 0.675. The molecule has 1 unspecified atom stereocenters. The van der Waals surface area contributed by atoms with Crippen LogP contribution in [0.5, 0.6) is 0 Å². The Balaban J connectivity index is 2.33. The first-order valence-corrected chi connectivity index (χ1v) is 8.08. The van der Waals surface area contributed by atoms with Crippen molar-refractivity contribution < 1.29 is 4.21 Å². The number of nitrogens with zero attached hydrogens (tertiary/aromatic N) is 2. The average Bonchev–Trinajstić information content (AvgIpc) is 2.68. The predicted molar refractivity (Wildman–Crippen MR) is 83.3 cm³/mol. The van der Waals surface area contributed by atoms with Crippen molar-refractivity contribution in [2.75, 3.05) is 5.73 Å². The van der Waals surface area contributed by atoms with Gasteiger partial charge in [-0.25, -0.2) is 0 Å². The Morgan fingerprint density at radius 2 is 2.15 bits per heavy atom. The zero-order valence-electron chi connectivity index (χ0n) is 11.8. The molecule has 0 spiro atoms. The van der Waals surface area contributed by atoms with Crippen LogP contribution in [-0.4, -0.2) is 14.0 Å². The molecule has 0 fully saturated rings. The number of anilines is 1. The first-order chi connectivity index (χ1) is 9.43. The molecule has 0 aliphatic heterocycles. The fourth-order valence-electron chi connectivity index (χ4n) is 2.04. The van der Waals surface area contributed by atoms with Crippen LogP contribution < -0.4 is 5.73 Å². The first kappa shape index (κ1) is 15.1. The molecule has 108 valence electrons. The summed E-state index contributed by atoms with van der Waals surface area (Å²) in [4.78, 5) is 0.750. The predicted octanol–water partition coefficient (Wildman–Crippen LogP) is 2.83. The maximum Gasteiger partial charge on any atom is 0.0859 e. The Morgan fingerprint density at radius 3 is 2.75 bits per heavy atom. The van der Waals surface area contributed by atoms with Gasteiger partial charge >= 0.3 is 0 Å². The summed E-state index contributed by atoms with van der Waals surface area (Å²) in [6.45, 7) is 3.92. The number of halogens is 1. The maximum absolute atomic E-state index is 12.5. The van der Waals surface area contributed by atoms with Crippen molar-refractivity contribution in [2.24, 2.45) is 7.05 Å². The van der Waals surface area contributed by atoms with E-state index in [1.54, 1.807) is 10.7 Å². The average molecular weight is 312 g/mol. The third kappa shape index (κ3) is 2.88. The summed E-state index contributed by atoms with van der Waals surface area (Å²) in [7, 11) is 0.632. The van der Waals surface area contributed by atoms with Gasteiger partial charge in [-0.1, -0.05) is 24.6 Å². The second kappa shape index (κ2) is 5.97. The molecule has 4 nitrogen and oxygen atoms in total. The topological polar surface area (TPSA) is 60.9 Å². The molecule has 0 saturated carbocycles. The summed E-state index contributed by atoms with van der Waals surface area (Å²) in [5.41, 5.74) is 8.98. The molecular formula is C14H18ClN3OS. The van der Waals surface area contributed by atoms with Crippen LogP contribution in [0.2, 0.25) is 5.02 Å². The summed E-state index contributed by atoms with van der Waals surface area (Å²) in [6.07, 6.45) is 0.761. The third-order valence-electron chi connectivity index (χ3n) is 3.23. The van der Waals surface area contributed by atoms with E-state index in [4.69, 9.17) is 17.3 Å². The van der Waals surface area contributed by atoms with E-state index in [2.05, 4.69) is 5.10 Å². The largest absolute Gasteiger partial charge is 0.399 e. The van der Waals surface area contributed by atoms with Crippen LogP contribution in [0.25, 0.3) is 0 Å². The summed E-state index contributed by atoms with van der Waals surface area (Å²) in [5, 5.41) is 4.96. The van der Waals surface area contributed by atoms with Gasteiger partial charge in [-0.15, -0.1) is 0 Å². The van der Waals surface area contributed by atoms with Crippen molar-refractivity contribution >= 4 is 28.1 Å². The molecule has 0 amide bonds. The molecular weight excluding hydrogens is 294 g/mol. The molecule has 2 aromatic rings. The molecule has 1 atom stereocenters. The normalized spacial score (nSPS) is 12.6. The fraction of sp³-hybridized carbons (Fsp3) is 0.357. The van der Waals surface area contributed by atoms with Crippen LogP contribution in [-0.2, 0) is 30.0 Å². The van der Waals surface area contributed by atoms with Crippen LogP contribution in [0.1, 0.15) is 23.9 Å². The minimum atomic E-state index is -1.19. The van der Waals surface area contributed by atoms with E-state index in [1.807, 2.05) is 33.0 Å². The summed E-state index contributed by atoms with van der Waals surface area (Å²) < 4.78 is 14.3.